The lowest BCUT2D eigenvalue weighted by Crippen LogP contribution is -2.05. The van der Waals surface area contributed by atoms with Crippen molar-refractivity contribution in [2.24, 2.45) is 0 Å². The Morgan fingerprint density at radius 2 is 1.86 bits per heavy atom. The highest BCUT2D eigenvalue weighted by Gasteiger charge is 2.30. The van der Waals surface area contributed by atoms with E-state index in [0.717, 1.165) is 29.0 Å². The van der Waals surface area contributed by atoms with Gasteiger partial charge in [-0.1, -0.05) is 18.2 Å². The molecule has 0 saturated carbocycles. The minimum absolute atomic E-state index is 0.216. The SMILES string of the molecule is Cc1ccc(/C=C(\C#N)c2ccc(C(F)(F)F)cn2)cc1C. The molecule has 0 radical (unpaired) electrons. The summed E-state index contributed by atoms with van der Waals surface area (Å²) in [7, 11) is 0. The molecule has 0 fully saturated rings. The molecule has 2 aromatic rings. The normalized spacial score (nSPS) is 12.1. The summed E-state index contributed by atoms with van der Waals surface area (Å²) < 4.78 is 37.5. The maximum atomic E-state index is 12.5. The maximum Gasteiger partial charge on any atom is 0.417 e. The van der Waals surface area contributed by atoms with Crippen LogP contribution in [-0.2, 0) is 6.18 Å². The van der Waals surface area contributed by atoms with Gasteiger partial charge in [-0.05, 0) is 48.7 Å². The predicted octanol–water partition coefficient (Wildman–Crippen LogP) is 4.78. The Morgan fingerprint density at radius 1 is 1.14 bits per heavy atom. The van der Waals surface area contributed by atoms with Crippen LogP contribution in [0.1, 0.15) is 27.9 Å². The fourth-order valence-corrected chi connectivity index (χ4v) is 1.91. The molecule has 2 rings (SSSR count). The van der Waals surface area contributed by atoms with Crippen molar-refractivity contribution >= 4 is 11.6 Å². The lowest BCUT2D eigenvalue weighted by molar-refractivity contribution is -0.137. The van der Waals surface area contributed by atoms with Gasteiger partial charge in [-0.2, -0.15) is 18.4 Å². The average molecular weight is 302 g/mol. The van der Waals surface area contributed by atoms with E-state index in [-0.39, 0.29) is 11.3 Å². The van der Waals surface area contributed by atoms with Crippen molar-refractivity contribution < 1.29 is 13.2 Å². The van der Waals surface area contributed by atoms with Crippen molar-refractivity contribution in [2.45, 2.75) is 20.0 Å². The third-order valence-corrected chi connectivity index (χ3v) is 3.33. The first-order valence-corrected chi connectivity index (χ1v) is 6.54. The summed E-state index contributed by atoms with van der Waals surface area (Å²) in [4.78, 5) is 3.74. The first kappa shape index (κ1) is 15.8. The predicted molar refractivity (Wildman–Crippen MR) is 78.6 cm³/mol. The summed E-state index contributed by atoms with van der Waals surface area (Å²) in [5.74, 6) is 0. The summed E-state index contributed by atoms with van der Waals surface area (Å²) in [6.45, 7) is 3.93. The molecule has 0 aliphatic heterocycles. The topological polar surface area (TPSA) is 36.7 Å². The Labute approximate surface area is 126 Å². The van der Waals surface area contributed by atoms with Gasteiger partial charge in [0.2, 0.25) is 0 Å². The van der Waals surface area contributed by atoms with Crippen LogP contribution in [0, 0.1) is 25.2 Å². The zero-order valence-electron chi connectivity index (χ0n) is 12.1. The van der Waals surface area contributed by atoms with Crippen LogP contribution in [0.25, 0.3) is 11.6 Å². The molecule has 2 nitrogen and oxygen atoms in total. The van der Waals surface area contributed by atoms with Crippen molar-refractivity contribution in [3.05, 3.63) is 64.5 Å². The number of hydrogen-bond donors (Lipinski definition) is 0. The number of aromatic nitrogens is 1. The Bertz CT molecular complexity index is 751. The number of allylic oxidation sites excluding steroid dienone is 1. The molecular formula is C17H13F3N2. The number of benzene rings is 1. The molecule has 0 spiro atoms. The Balaban J connectivity index is 2.37. The lowest BCUT2D eigenvalue weighted by Gasteiger charge is -2.06. The average Bonchev–Trinajstić information content (AvgIpc) is 2.47. The van der Waals surface area contributed by atoms with Gasteiger partial charge in [0.05, 0.1) is 16.8 Å². The van der Waals surface area contributed by atoms with Gasteiger partial charge in [0.25, 0.3) is 0 Å². The molecule has 0 N–H and O–H groups in total. The quantitative estimate of drug-likeness (QED) is 0.748. The van der Waals surface area contributed by atoms with Crippen molar-refractivity contribution in [1.29, 1.82) is 5.26 Å². The molecule has 0 saturated heterocycles. The molecule has 0 unspecified atom stereocenters. The summed E-state index contributed by atoms with van der Waals surface area (Å²) >= 11 is 0. The van der Waals surface area contributed by atoms with Crippen LogP contribution in [0.3, 0.4) is 0 Å². The van der Waals surface area contributed by atoms with E-state index in [4.69, 9.17) is 0 Å². The van der Waals surface area contributed by atoms with Crippen LogP contribution >= 0.6 is 0 Å². The van der Waals surface area contributed by atoms with Gasteiger partial charge in [-0.25, -0.2) is 0 Å². The number of alkyl halides is 3. The summed E-state index contributed by atoms with van der Waals surface area (Å²) in [5.41, 5.74) is 2.61. The van der Waals surface area contributed by atoms with E-state index >= 15 is 0 Å². The van der Waals surface area contributed by atoms with Gasteiger partial charge in [0.1, 0.15) is 6.07 Å². The molecule has 1 aromatic heterocycles. The van der Waals surface area contributed by atoms with Gasteiger partial charge >= 0.3 is 6.18 Å². The molecule has 112 valence electrons. The fraction of sp³-hybridized carbons (Fsp3) is 0.176. The molecular weight excluding hydrogens is 289 g/mol. The second-order valence-electron chi connectivity index (χ2n) is 4.94. The monoisotopic (exact) mass is 302 g/mol. The number of rotatable bonds is 2. The van der Waals surface area contributed by atoms with E-state index in [9.17, 15) is 18.4 Å². The second kappa shape index (κ2) is 6.02. The molecule has 0 aliphatic rings. The van der Waals surface area contributed by atoms with E-state index in [1.807, 2.05) is 38.1 Å². The summed E-state index contributed by atoms with van der Waals surface area (Å²) in [6, 6.07) is 9.80. The Hall–Kier alpha value is -2.61. The van der Waals surface area contributed by atoms with Crippen LogP contribution in [0.15, 0.2) is 36.5 Å². The molecule has 0 amide bonds. The minimum atomic E-state index is -4.43. The van der Waals surface area contributed by atoms with Crippen molar-refractivity contribution in [3.8, 4) is 6.07 Å². The van der Waals surface area contributed by atoms with Crippen LogP contribution in [0.4, 0.5) is 13.2 Å². The first-order chi connectivity index (χ1) is 10.3. The Kier molecular flexibility index (Phi) is 4.32. The van der Waals surface area contributed by atoms with Gasteiger partial charge in [-0.3, -0.25) is 4.98 Å². The number of halogens is 3. The van der Waals surface area contributed by atoms with E-state index < -0.39 is 11.7 Å². The van der Waals surface area contributed by atoms with E-state index in [1.54, 1.807) is 6.08 Å². The van der Waals surface area contributed by atoms with Crippen molar-refractivity contribution in [2.75, 3.05) is 0 Å². The van der Waals surface area contributed by atoms with Crippen molar-refractivity contribution in [3.63, 3.8) is 0 Å². The van der Waals surface area contributed by atoms with Crippen LogP contribution in [0.5, 0.6) is 0 Å². The highest BCUT2D eigenvalue weighted by Crippen LogP contribution is 2.29. The van der Waals surface area contributed by atoms with E-state index in [2.05, 4.69) is 4.98 Å². The van der Waals surface area contributed by atoms with Gasteiger partial charge < -0.3 is 0 Å². The van der Waals surface area contributed by atoms with Crippen LogP contribution < -0.4 is 0 Å². The van der Waals surface area contributed by atoms with E-state index in [0.29, 0.717) is 0 Å². The highest BCUT2D eigenvalue weighted by molar-refractivity contribution is 5.88. The molecule has 0 aliphatic carbocycles. The molecule has 1 aromatic carbocycles. The third-order valence-electron chi connectivity index (χ3n) is 3.33. The summed E-state index contributed by atoms with van der Waals surface area (Å²) in [5, 5.41) is 9.21. The third kappa shape index (κ3) is 3.53. The first-order valence-electron chi connectivity index (χ1n) is 6.54. The molecule has 0 atom stereocenters. The number of nitriles is 1. The fourth-order valence-electron chi connectivity index (χ4n) is 1.91. The smallest absolute Gasteiger partial charge is 0.255 e. The number of pyridine rings is 1. The number of hydrogen-bond acceptors (Lipinski definition) is 2. The molecule has 1 heterocycles. The van der Waals surface area contributed by atoms with Gasteiger partial charge in [0, 0.05) is 6.20 Å². The van der Waals surface area contributed by atoms with E-state index in [1.165, 1.54) is 6.07 Å². The standard InChI is InChI=1S/C17H13F3N2/c1-11-3-4-13(7-12(11)2)8-14(9-21)16-6-5-15(10-22-16)17(18,19)20/h3-8,10H,1-2H3/b14-8+. The summed E-state index contributed by atoms with van der Waals surface area (Å²) in [6.07, 6.45) is -2.08. The molecule has 0 bridgehead atoms. The Morgan fingerprint density at radius 3 is 2.36 bits per heavy atom. The van der Waals surface area contributed by atoms with Crippen LogP contribution in [-0.4, -0.2) is 4.98 Å². The maximum absolute atomic E-state index is 12.5. The molecule has 5 heteroatoms. The number of nitrogens with zero attached hydrogens (tertiary/aromatic N) is 2. The highest BCUT2D eigenvalue weighted by atomic mass is 19.4. The zero-order valence-corrected chi connectivity index (χ0v) is 12.1. The minimum Gasteiger partial charge on any atom is -0.255 e. The number of aryl methyl sites for hydroxylation is 2. The second-order valence-corrected chi connectivity index (χ2v) is 4.94. The largest absolute Gasteiger partial charge is 0.417 e. The molecule has 22 heavy (non-hydrogen) atoms. The van der Waals surface area contributed by atoms with Crippen LogP contribution in [0.2, 0.25) is 0 Å². The van der Waals surface area contributed by atoms with Gasteiger partial charge in [0.15, 0.2) is 0 Å². The lowest BCUT2D eigenvalue weighted by atomic mass is 10.0. The van der Waals surface area contributed by atoms with Gasteiger partial charge in [-0.15, -0.1) is 0 Å². The van der Waals surface area contributed by atoms with Crippen molar-refractivity contribution in [1.82, 2.24) is 4.98 Å². The zero-order chi connectivity index (χ0) is 16.3.